The van der Waals surface area contributed by atoms with Gasteiger partial charge in [-0.2, -0.15) is 0 Å². The number of nitrogens with zero attached hydrogens (tertiary/aromatic N) is 2. The zero-order chi connectivity index (χ0) is 14.9. The van der Waals surface area contributed by atoms with Crippen LogP contribution in [-0.4, -0.2) is 26.3 Å². The maximum Gasteiger partial charge on any atom is 0.329 e. The van der Waals surface area contributed by atoms with Crippen LogP contribution in [0.3, 0.4) is 0 Å². The highest BCUT2D eigenvalue weighted by molar-refractivity contribution is 5.78. The predicted molar refractivity (Wildman–Crippen MR) is 76.9 cm³/mol. The number of rotatable bonds is 5. The quantitative estimate of drug-likeness (QED) is 0.845. The molecule has 0 aliphatic heterocycles. The van der Waals surface area contributed by atoms with Gasteiger partial charge in [-0.15, -0.1) is 0 Å². The number of hydrogen-bond acceptors (Lipinski definition) is 3. The average molecular weight is 277 g/mol. The lowest BCUT2D eigenvalue weighted by atomic mass is 10.1. The van der Waals surface area contributed by atoms with Crippen molar-refractivity contribution in [2.75, 3.05) is 0 Å². The summed E-state index contributed by atoms with van der Waals surface area (Å²) in [6, 6.07) is 4.62. The summed E-state index contributed by atoms with van der Waals surface area (Å²) < 4.78 is 3.40. The van der Waals surface area contributed by atoms with Gasteiger partial charge in [0.25, 0.3) is 0 Å². The Hall–Kier alpha value is -2.08. The number of benzene rings is 1. The van der Waals surface area contributed by atoms with Crippen LogP contribution in [0, 0.1) is 0 Å². The summed E-state index contributed by atoms with van der Waals surface area (Å²) in [6.07, 6.45) is 0.250. The molecular weight excluding hydrogens is 258 g/mol. The van der Waals surface area contributed by atoms with Crippen molar-refractivity contribution in [1.82, 2.24) is 9.13 Å². The summed E-state index contributed by atoms with van der Waals surface area (Å²) in [5.41, 5.74) is 8.03. The largest absolute Gasteiger partial charge is 0.480 e. The molecule has 1 aromatic carbocycles. The molecule has 108 valence electrons. The van der Waals surface area contributed by atoms with Crippen molar-refractivity contribution in [2.24, 2.45) is 5.73 Å². The van der Waals surface area contributed by atoms with Gasteiger partial charge in [-0.3, -0.25) is 13.9 Å². The number of carbonyl (C=O) groups is 1. The highest BCUT2D eigenvalue weighted by Crippen LogP contribution is 2.16. The van der Waals surface area contributed by atoms with Crippen molar-refractivity contribution in [1.29, 1.82) is 0 Å². The van der Waals surface area contributed by atoms with E-state index in [2.05, 4.69) is 0 Å². The third-order valence-corrected chi connectivity index (χ3v) is 3.49. The summed E-state index contributed by atoms with van der Waals surface area (Å²) in [6.45, 7) is 5.03. The van der Waals surface area contributed by atoms with Crippen LogP contribution in [0.1, 0.15) is 19.4 Å². The zero-order valence-electron chi connectivity index (χ0n) is 11.7. The second kappa shape index (κ2) is 5.50. The van der Waals surface area contributed by atoms with Crippen molar-refractivity contribution in [2.45, 2.75) is 39.4 Å². The molecule has 0 spiro atoms. The monoisotopic (exact) mass is 277 g/mol. The molecule has 2 rings (SSSR count). The molecule has 1 atom stereocenters. The molecule has 3 N–H and O–H groups in total. The summed E-state index contributed by atoms with van der Waals surface area (Å²) in [7, 11) is 0. The SMILES string of the molecule is CCn1c(=O)n(CC)c2cc(CC(N)C(=O)O)ccc21. The van der Waals surface area contributed by atoms with Crippen molar-refractivity contribution in [3.63, 3.8) is 0 Å². The normalized spacial score (nSPS) is 12.8. The van der Waals surface area contributed by atoms with Crippen LogP contribution in [0.2, 0.25) is 0 Å². The number of aryl methyl sites for hydroxylation is 2. The second-order valence-electron chi connectivity index (χ2n) is 4.74. The molecular formula is C14H19N3O3. The number of hydrogen-bond donors (Lipinski definition) is 2. The molecule has 1 unspecified atom stereocenters. The molecule has 6 nitrogen and oxygen atoms in total. The number of carboxylic acids is 1. The van der Waals surface area contributed by atoms with Crippen LogP contribution >= 0.6 is 0 Å². The molecule has 2 aromatic rings. The van der Waals surface area contributed by atoms with E-state index in [0.29, 0.717) is 13.1 Å². The Morgan fingerprint density at radius 1 is 1.25 bits per heavy atom. The van der Waals surface area contributed by atoms with E-state index < -0.39 is 12.0 Å². The molecule has 0 saturated heterocycles. The van der Waals surface area contributed by atoms with E-state index in [4.69, 9.17) is 10.8 Å². The van der Waals surface area contributed by atoms with E-state index in [9.17, 15) is 9.59 Å². The maximum atomic E-state index is 12.2. The minimum atomic E-state index is -1.02. The molecule has 20 heavy (non-hydrogen) atoms. The second-order valence-corrected chi connectivity index (χ2v) is 4.74. The number of imidazole rings is 1. The standard InChI is InChI=1S/C14H19N3O3/c1-3-16-11-6-5-9(7-10(15)13(18)19)8-12(11)17(4-2)14(16)20/h5-6,8,10H,3-4,7,15H2,1-2H3,(H,18,19). The minimum absolute atomic E-state index is 0.0373. The van der Waals surface area contributed by atoms with Gasteiger partial charge in [-0.25, -0.2) is 4.79 Å². The molecule has 0 aliphatic carbocycles. The van der Waals surface area contributed by atoms with E-state index in [1.54, 1.807) is 9.13 Å². The van der Waals surface area contributed by atoms with E-state index >= 15 is 0 Å². The summed E-state index contributed by atoms with van der Waals surface area (Å²) in [5, 5.41) is 8.86. The number of fused-ring (bicyclic) bond motifs is 1. The highest BCUT2D eigenvalue weighted by atomic mass is 16.4. The first-order valence-electron chi connectivity index (χ1n) is 6.69. The molecule has 6 heteroatoms. The first kappa shape index (κ1) is 14.3. The molecule has 0 radical (unpaired) electrons. The summed E-state index contributed by atoms with van der Waals surface area (Å²) in [4.78, 5) is 23.0. The lowest BCUT2D eigenvalue weighted by molar-refractivity contribution is -0.138. The van der Waals surface area contributed by atoms with Gasteiger partial charge >= 0.3 is 11.7 Å². The highest BCUT2D eigenvalue weighted by Gasteiger charge is 2.15. The van der Waals surface area contributed by atoms with Crippen LogP contribution in [0.4, 0.5) is 0 Å². The number of aromatic nitrogens is 2. The van der Waals surface area contributed by atoms with Gasteiger partial charge in [0.15, 0.2) is 0 Å². The van der Waals surface area contributed by atoms with Crippen molar-refractivity contribution >= 4 is 17.0 Å². The van der Waals surface area contributed by atoms with Gasteiger partial charge in [0.1, 0.15) is 6.04 Å². The Morgan fingerprint density at radius 3 is 2.40 bits per heavy atom. The van der Waals surface area contributed by atoms with Gasteiger partial charge in [0.05, 0.1) is 11.0 Å². The Bertz CT molecular complexity index is 699. The van der Waals surface area contributed by atoms with E-state index in [1.165, 1.54) is 0 Å². The fourth-order valence-corrected chi connectivity index (χ4v) is 2.44. The van der Waals surface area contributed by atoms with E-state index in [0.717, 1.165) is 16.6 Å². The zero-order valence-corrected chi connectivity index (χ0v) is 11.7. The first-order chi connectivity index (χ1) is 9.49. The third-order valence-electron chi connectivity index (χ3n) is 3.49. The van der Waals surface area contributed by atoms with Crippen LogP contribution in [0.25, 0.3) is 11.0 Å². The molecule has 0 aliphatic rings. The Kier molecular flexibility index (Phi) is 3.94. The Labute approximate surface area is 116 Å². The molecule has 0 bridgehead atoms. The average Bonchev–Trinajstić information content (AvgIpc) is 2.68. The number of aliphatic carboxylic acids is 1. The fraction of sp³-hybridized carbons (Fsp3) is 0.429. The molecule has 0 fully saturated rings. The summed E-state index contributed by atoms with van der Waals surface area (Å²) in [5.74, 6) is -1.02. The van der Waals surface area contributed by atoms with Gasteiger partial charge in [-0.05, 0) is 38.0 Å². The van der Waals surface area contributed by atoms with Crippen molar-refractivity contribution < 1.29 is 9.90 Å². The van der Waals surface area contributed by atoms with Crippen LogP contribution in [0.15, 0.2) is 23.0 Å². The predicted octanol–water partition coefficient (Wildman–Crippen LogP) is 0.797. The van der Waals surface area contributed by atoms with Crippen molar-refractivity contribution in [3.8, 4) is 0 Å². The number of nitrogens with two attached hydrogens (primary N) is 1. The van der Waals surface area contributed by atoms with Gasteiger partial charge < -0.3 is 10.8 Å². The molecule has 0 saturated carbocycles. The maximum absolute atomic E-state index is 12.2. The number of carboxylic acid groups (broad SMARTS) is 1. The molecule has 1 heterocycles. The topological polar surface area (TPSA) is 90.3 Å². The van der Waals surface area contributed by atoms with Crippen LogP contribution in [0.5, 0.6) is 0 Å². The lowest BCUT2D eigenvalue weighted by Gasteiger charge is -2.07. The summed E-state index contributed by atoms with van der Waals surface area (Å²) >= 11 is 0. The van der Waals surface area contributed by atoms with Gasteiger partial charge in [-0.1, -0.05) is 6.07 Å². The molecule has 1 aromatic heterocycles. The lowest BCUT2D eigenvalue weighted by Crippen LogP contribution is -2.32. The van der Waals surface area contributed by atoms with E-state index in [-0.39, 0.29) is 12.1 Å². The van der Waals surface area contributed by atoms with Crippen molar-refractivity contribution in [3.05, 3.63) is 34.2 Å². The smallest absolute Gasteiger partial charge is 0.329 e. The fourth-order valence-electron chi connectivity index (χ4n) is 2.44. The Morgan fingerprint density at radius 2 is 1.85 bits per heavy atom. The van der Waals surface area contributed by atoms with Gasteiger partial charge in [0, 0.05) is 13.1 Å². The third kappa shape index (κ3) is 2.34. The van der Waals surface area contributed by atoms with E-state index in [1.807, 2.05) is 32.0 Å². The first-order valence-corrected chi connectivity index (χ1v) is 6.69. The Balaban J connectivity index is 2.53. The minimum Gasteiger partial charge on any atom is -0.480 e. The van der Waals surface area contributed by atoms with Gasteiger partial charge in [0.2, 0.25) is 0 Å². The van der Waals surface area contributed by atoms with Crippen LogP contribution < -0.4 is 11.4 Å². The molecule has 0 amide bonds. The van der Waals surface area contributed by atoms with Crippen LogP contribution in [-0.2, 0) is 24.3 Å².